The standard InChI is InChI=1S/C11H17NOS/c1-2-12-6-3-10-11-9(4-7-13-10)5-8-14-11/h5,8,10,12H,2-4,6-7H2,1H3/t10-/m0/s1. The molecule has 78 valence electrons. The van der Waals surface area contributed by atoms with E-state index in [0.29, 0.717) is 6.10 Å². The third-order valence-corrected chi connectivity index (χ3v) is 3.65. The van der Waals surface area contributed by atoms with Crippen molar-refractivity contribution in [2.75, 3.05) is 19.7 Å². The molecule has 0 radical (unpaired) electrons. The van der Waals surface area contributed by atoms with E-state index in [2.05, 4.69) is 23.7 Å². The molecule has 14 heavy (non-hydrogen) atoms. The fourth-order valence-corrected chi connectivity index (χ4v) is 2.89. The van der Waals surface area contributed by atoms with Crippen LogP contribution < -0.4 is 5.32 Å². The molecule has 0 fully saturated rings. The van der Waals surface area contributed by atoms with Crippen LogP contribution in [0.4, 0.5) is 0 Å². The van der Waals surface area contributed by atoms with Crippen molar-refractivity contribution in [3.05, 3.63) is 21.9 Å². The lowest BCUT2D eigenvalue weighted by molar-refractivity contribution is 0.0399. The van der Waals surface area contributed by atoms with Crippen molar-refractivity contribution < 1.29 is 4.74 Å². The molecule has 1 aromatic rings. The zero-order valence-corrected chi connectivity index (χ0v) is 9.40. The van der Waals surface area contributed by atoms with Gasteiger partial charge in [-0.15, -0.1) is 11.3 Å². The van der Waals surface area contributed by atoms with E-state index >= 15 is 0 Å². The van der Waals surface area contributed by atoms with Crippen molar-refractivity contribution in [2.24, 2.45) is 0 Å². The molecule has 0 spiro atoms. The van der Waals surface area contributed by atoms with Crippen LogP contribution in [0, 0.1) is 0 Å². The highest BCUT2D eigenvalue weighted by Crippen LogP contribution is 2.33. The first-order valence-electron chi connectivity index (χ1n) is 5.30. The third kappa shape index (κ3) is 2.16. The normalized spacial score (nSPS) is 20.8. The van der Waals surface area contributed by atoms with Gasteiger partial charge in [0.25, 0.3) is 0 Å². The predicted octanol–water partition coefficient (Wildman–Crippen LogP) is 2.36. The summed E-state index contributed by atoms with van der Waals surface area (Å²) in [6.07, 6.45) is 2.54. The van der Waals surface area contributed by atoms with Gasteiger partial charge in [0.2, 0.25) is 0 Å². The summed E-state index contributed by atoms with van der Waals surface area (Å²) in [5.74, 6) is 0. The second-order valence-corrected chi connectivity index (χ2v) is 4.51. The third-order valence-electron chi connectivity index (χ3n) is 2.60. The molecule has 2 rings (SSSR count). The molecule has 0 amide bonds. The molecule has 0 aliphatic carbocycles. The molecular formula is C11H17NOS. The number of thiophene rings is 1. The second-order valence-electron chi connectivity index (χ2n) is 3.56. The smallest absolute Gasteiger partial charge is 0.0931 e. The quantitative estimate of drug-likeness (QED) is 0.772. The SMILES string of the molecule is CCNCC[C@@H]1OCCc2ccsc21. The van der Waals surface area contributed by atoms with Crippen LogP contribution in [0.1, 0.15) is 29.9 Å². The van der Waals surface area contributed by atoms with Gasteiger partial charge in [-0.1, -0.05) is 6.92 Å². The topological polar surface area (TPSA) is 21.3 Å². The maximum atomic E-state index is 5.78. The molecule has 2 nitrogen and oxygen atoms in total. The van der Waals surface area contributed by atoms with E-state index in [1.807, 2.05) is 11.3 Å². The van der Waals surface area contributed by atoms with Crippen LogP contribution >= 0.6 is 11.3 Å². The lowest BCUT2D eigenvalue weighted by Gasteiger charge is -2.23. The molecule has 0 saturated carbocycles. The molecule has 0 bridgehead atoms. The van der Waals surface area contributed by atoms with Crippen molar-refractivity contribution >= 4 is 11.3 Å². The van der Waals surface area contributed by atoms with E-state index < -0.39 is 0 Å². The number of fused-ring (bicyclic) bond motifs is 1. The first-order chi connectivity index (χ1) is 6.92. The summed E-state index contributed by atoms with van der Waals surface area (Å²) in [6, 6.07) is 2.24. The predicted molar refractivity (Wildman–Crippen MR) is 59.9 cm³/mol. The molecule has 1 aliphatic rings. The number of ether oxygens (including phenoxy) is 1. The van der Waals surface area contributed by atoms with Crippen molar-refractivity contribution in [1.29, 1.82) is 0 Å². The van der Waals surface area contributed by atoms with Crippen LogP contribution in [0.25, 0.3) is 0 Å². The monoisotopic (exact) mass is 211 g/mol. The van der Waals surface area contributed by atoms with Gasteiger partial charge >= 0.3 is 0 Å². The van der Waals surface area contributed by atoms with Crippen LogP contribution in [-0.2, 0) is 11.2 Å². The zero-order chi connectivity index (χ0) is 9.80. The van der Waals surface area contributed by atoms with Crippen molar-refractivity contribution in [2.45, 2.75) is 25.9 Å². The van der Waals surface area contributed by atoms with Gasteiger partial charge in [0, 0.05) is 4.88 Å². The van der Waals surface area contributed by atoms with Gasteiger partial charge < -0.3 is 10.1 Å². The molecule has 3 heteroatoms. The van der Waals surface area contributed by atoms with Gasteiger partial charge in [-0.2, -0.15) is 0 Å². The molecule has 0 aromatic carbocycles. The summed E-state index contributed by atoms with van der Waals surface area (Å²) in [4.78, 5) is 1.45. The Bertz CT molecular complexity index is 285. The van der Waals surface area contributed by atoms with Crippen LogP contribution in [-0.4, -0.2) is 19.7 Å². The molecule has 0 unspecified atom stereocenters. The van der Waals surface area contributed by atoms with E-state index in [4.69, 9.17) is 4.74 Å². The Hall–Kier alpha value is -0.380. The summed E-state index contributed by atoms with van der Waals surface area (Å²) in [5.41, 5.74) is 1.50. The second kappa shape index (κ2) is 4.91. The van der Waals surface area contributed by atoms with E-state index in [1.54, 1.807) is 0 Å². The molecule has 1 aliphatic heterocycles. The lowest BCUT2D eigenvalue weighted by Crippen LogP contribution is -2.21. The Labute approximate surface area is 89.3 Å². The molecule has 1 atom stereocenters. The maximum Gasteiger partial charge on any atom is 0.0931 e. The molecule has 0 saturated heterocycles. The van der Waals surface area contributed by atoms with Crippen LogP contribution in [0.5, 0.6) is 0 Å². The maximum absolute atomic E-state index is 5.78. The van der Waals surface area contributed by atoms with Gasteiger partial charge in [-0.25, -0.2) is 0 Å². The molecular weight excluding hydrogens is 194 g/mol. The fourth-order valence-electron chi connectivity index (χ4n) is 1.85. The van der Waals surface area contributed by atoms with Gasteiger partial charge in [-0.05, 0) is 42.9 Å². The summed E-state index contributed by atoms with van der Waals surface area (Å²) < 4.78 is 5.78. The fraction of sp³-hybridized carbons (Fsp3) is 0.636. The molecule has 2 heterocycles. The van der Waals surface area contributed by atoms with Crippen molar-refractivity contribution in [1.82, 2.24) is 5.32 Å². The average Bonchev–Trinajstić information content (AvgIpc) is 2.67. The minimum atomic E-state index is 0.345. The molecule has 1 N–H and O–H groups in total. The minimum Gasteiger partial charge on any atom is -0.372 e. The van der Waals surface area contributed by atoms with Gasteiger partial charge in [0.15, 0.2) is 0 Å². The summed E-state index contributed by atoms with van der Waals surface area (Å²) >= 11 is 1.84. The highest BCUT2D eigenvalue weighted by Gasteiger charge is 2.21. The van der Waals surface area contributed by atoms with Gasteiger partial charge in [0.1, 0.15) is 0 Å². The first kappa shape index (κ1) is 10.1. The van der Waals surface area contributed by atoms with E-state index in [9.17, 15) is 0 Å². The highest BCUT2D eigenvalue weighted by molar-refractivity contribution is 7.10. The first-order valence-corrected chi connectivity index (χ1v) is 6.18. The van der Waals surface area contributed by atoms with E-state index in [0.717, 1.165) is 32.5 Å². The molecule has 1 aromatic heterocycles. The average molecular weight is 211 g/mol. The Balaban J connectivity index is 1.94. The van der Waals surface area contributed by atoms with Gasteiger partial charge in [0.05, 0.1) is 12.7 Å². The number of rotatable bonds is 4. The van der Waals surface area contributed by atoms with E-state index in [1.165, 1.54) is 10.4 Å². The van der Waals surface area contributed by atoms with E-state index in [-0.39, 0.29) is 0 Å². The Morgan fingerprint density at radius 2 is 2.57 bits per heavy atom. The van der Waals surface area contributed by atoms with Crippen LogP contribution in [0.3, 0.4) is 0 Å². The Morgan fingerprint density at radius 3 is 3.43 bits per heavy atom. The number of hydrogen-bond acceptors (Lipinski definition) is 3. The zero-order valence-electron chi connectivity index (χ0n) is 8.58. The highest BCUT2D eigenvalue weighted by atomic mass is 32.1. The van der Waals surface area contributed by atoms with Crippen LogP contribution in [0.15, 0.2) is 11.4 Å². The largest absolute Gasteiger partial charge is 0.372 e. The lowest BCUT2D eigenvalue weighted by atomic mass is 10.1. The Kier molecular flexibility index (Phi) is 3.56. The van der Waals surface area contributed by atoms with Gasteiger partial charge in [-0.3, -0.25) is 0 Å². The number of hydrogen-bond donors (Lipinski definition) is 1. The van der Waals surface area contributed by atoms with Crippen molar-refractivity contribution in [3.8, 4) is 0 Å². The minimum absolute atomic E-state index is 0.345. The Morgan fingerprint density at radius 1 is 1.64 bits per heavy atom. The van der Waals surface area contributed by atoms with Crippen LogP contribution in [0.2, 0.25) is 0 Å². The van der Waals surface area contributed by atoms with Crippen molar-refractivity contribution in [3.63, 3.8) is 0 Å². The summed E-state index contributed by atoms with van der Waals surface area (Å²) in [6.45, 7) is 5.13. The summed E-state index contributed by atoms with van der Waals surface area (Å²) in [5, 5.41) is 5.52. The number of nitrogens with one attached hydrogen (secondary N) is 1. The summed E-state index contributed by atoms with van der Waals surface area (Å²) in [7, 11) is 0.